The standard InChI is InChI=1S/C28H21ClN2O/c29-23-13-10-21(11-14-23)26-16-22(17-27(32)30-18-19-6-2-1-3-7-19)28-24-9-5-4-8-20(24)12-15-25(28)31-26/h1-16H,17-18H2,(H,30,32). The molecule has 0 saturated carbocycles. The molecule has 1 amide bonds. The number of hydrogen-bond donors (Lipinski definition) is 1. The predicted octanol–water partition coefficient (Wildman–Crippen LogP) is 6.57. The maximum absolute atomic E-state index is 12.9. The Morgan fingerprint density at radius 3 is 2.41 bits per heavy atom. The predicted molar refractivity (Wildman–Crippen MR) is 132 cm³/mol. The number of nitrogens with zero attached hydrogens (tertiary/aromatic N) is 1. The van der Waals surface area contributed by atoms with Crippen LogP contribution in [0.5, 0.6) is 0 Å². The molecule has 1 aromatic heterocycles. The van der Waals surface area contributed by atoms with E-state index in [1.54, 1.807) is 0 Å². The number of benzene rings is 4. The summed E-state index contributed by atoms with van der Waals surface area (Å²) in [5, 5.41) is 6.99. The molecule has 0 radical (unpaired) electrons. The molecule has 156 valence electrons. The van der Waals surface area contributed by atoms with Crippen LogP contribution in [0.4, 0.5) is 0 Å². The van der Waals surface area contributed by atoms with E-state index in [9.17, 15) is 4.79 Å². The summed E-state index contributed by atoms with van der Waals surface area (Å²) in [4.78, 5) is 17.8. The summed E-state index contributed by atoms with van der Waals surface area (Å²) in [6.45, 7) is 0.507. The molecule has 0 saturated heterocycles. The van der Waals surface area contributed by atoms with Gasteiger partial charge in [-0.05, 0) is 46.2 Å². The molecular formula is C28H21ClN2O. The van der Waals surface area contributed by atoms with Crippen LogP contribution < -0.4 is 5.32 Å². The average Bonchev–Trinajstić information content (AvgIpc) is 2.83. The molecule has 0 spiro atoms. The summed E-state index contributed by atoms with van der Waals surface area (Å²) in [5.41, 5.74) is 4.71. The summed E-state index contributed by atoms with van der Waals surface area (Å²) < 4.78 is 0. The summed E-state index contributed by atoms with van der Waals surface area (Å²) in [7, 11) is 0. The summed E-state index contributed by atoms with van der Waals surface area (Å²) in [5.74, 6) is -0.0173. The zero-order valence-corrected chi connectivity index (χ0v) is 18.1. The van der Waals surface area contributed by atoms with E-state index in [-0.39, 0.29) is 12.3 Å². The van der Waals surface area contributed by atoms with Crippen molar-refractivity contribution in [3.8, 4) is 11.3 Å². The quantitative estimate of drug-likeness (QED) is 0.317. The van der Waals surface area contributed by atoms with E-state index in [0.29, 0.717) is 11.6 Å². The molecule has 4 heteroatoms. The number of fused-ring (bicyclic) bond motifs is 3. The van der Waals surface area contributed by atoms with Gasteiger partial charge >= 0.3 is 0 Å². The van der Waals surface area contributed by atoms with Crippen molar-refractivity contribution in [2.75, 3.05) is 0 Å². The molecule has 5 rings (SSSR count). The minimum absolute atomic E-state index is 0.0173. The molecule has 0 fully saturated rings. The van der Waals surface area contributed by atoms with Gasteiger partial charge in [-0.25, -0.2) is 4.98 Å². The van der Waals surface area contributed by atoms with Crippen LogP contribution >= 0.6 is 11.6 Å². The van der Waals surface area contributed by atoms with Crippen molar-refractivity contribution in [2.24, 2.45) is 0 Å². The number of aromatic nitrogens is 1. The van der Waals surface area contributed by atoms with E-state index in [4.69, 9.17) is 16.6 Å². The Morgan fingerprint density at radius 1 is 0.844 bits per heavy atom. The molecule has 0 aliphatic rings. The number of carbonyl (C=O) groups is 1. The van der Waals surface area contributed by atoms with Gasteiger partial charge in [0.2, 0.25) is 5.91 Å². The van der Waals surface area contributed by atoms with Gasteiger partial charge in [-0.1, -0.05) is 84.4 Å². The maximum Gasteiger partial charge on any atom is 0.224 e. The van der Waals surface area contributed by atoms with Gasteiger partial charge in [-0.3, -0.25) is 4.79 Å². The maximum atomic E-state index is 12.9. The number of nitrogens with one attached hydrogen (secondary N) is 1. The lowest BCUT2D eigenvalue weighted by molar-refractivity contribution is -0.120. The first kappa shape index (κ1) is 20.2. The second-order valence-corrected chi connectivity index (χ2v) is 8.23. The van der Waals surface area contributed by atoms with Gasteiger partial charge in [0, 0.05) is 22.5 Å². The molecule has 0 bridgehead atoms. The minimum Gasteiger partial charge on any atom is -0.352 e. The molecule has 0 unspecified atom stereocenters. The van der Waals surface area contributed by atoms with Gasteiger partial charge in [-0.15, -0.1) is 0 Å². The van der Waals surface area contributed by atoms with Crippen molar-refractivity contribution < 1.29 is 4.79 Å². The van der Waals surface area contributed by atoms with Gasteiger partial charge in [0.25, 0.3) is 0 Å². The molecule has 3 nitrogen and oxygen atoms in total. The number of pyridine rings is 1. The first-order valence-electron chi connectivity index (χ1n) is 10.6. The fourth-order valence-electron chi connectivity index (χ4n) is 4.03. The molecule has 0 atom stereocenters. The lowest BCUT2D eigenvalue weighted by Crippen LogP contribution is -2.24. The molecule has 32 heavy (non-hydrogen) atoms. The number of carbonyl (C=O) groups excluding carboxylic acids is 1. The third-order valence-electron chi connectivity index (χ3n) is 5.60. The van der Waals surface area contributed by atoms with Crippen molar-refractivity contribution in [2.45, 2.75) is 13.0 Å². The fourth-order valence-corrected chi connectivity index (χ4v) is 4.16. The highest BCUT2D eigenvalue weighted by atomic mass is 35.5. The smallest absolute Gasteiger partial charge is 0.224 e. The fraction of sp³-hybridized carbons (Fsp3) is 0.0714. The Labute approximate surface area is 191 Å². The Kier molecular flexibility index (Phi) is 5.57. The van der Waals surface area contributed by atoms with Crippen molar-refractivity contribution in [1.82, 2.24) is 10.3 Å². The zero-order valence-electron chi connectivity index (χ0n) is 17.4. The van der Waals surface area contributed by atoms with Gasteiger partial charge < -0.3 is 5.32 Å². The van der Waals surface area contributed by atoms with E-state index in [1.165, 1.54) is 0 Å². The monoisotopic (exact) mass is 436 g/mol. The second kappa shape index (κ2) is 8.81. The van der Waals surface area contributed by atoms with E-state index < -0.39 is 0 Å². The van der Waals surface area contributed by atoms with Crippen LogP contribution in [0.3, 0.4) is 0 Å². The summed E-state index contributed by atoms with van der Waals surface area (Å²) in [6, 6.07) is 31.9. The Hall–Kier alpha value is -3.69. The van der Waals surface area contributed by atoms with Crippen LogP contribution in [0.1, 0.15) is 11.1 Å². The van der Waals surface area contributed by atoms with Gasteiger partial charge in [0.1, 0.15) is 0 Å². The summed E-state index contributed by atoms with van der Waals surface area (Å²) in [6.07, 6.45) is 0.278. The highest BCUT2D eigenvalue weighted by Gasteiger charge is 2.14. The van der Waals surface area contributed by atoms with E-state index in [1.807, 2.05) is 78.9 Å². The number of rotatable bonds is 5. The van der Waals surface area contributed by atoms with E-state index in [0.717, 1.165) is 44.1 Å². The van der Waals surface area contributed by atoms with Crippen LogP contribution in [0.25, 0.3) is 32.9 Å². The molecule has 4 aromatic carbocycles. The number of halogens is 1. The molecule has 1 N–H and O–H groups in total. The number of hydrogen-bond acceptors (Lipinski definition) is 2. The van der Waals surface area contributed by atoms with Crippen LogP contribution in [-0.2, 0) is 17.8 Å². The molecule has 0 aliphatic carbocycles. The van der Waals surface area contributed by atoms with E-state index in [2.05, 4.69) is 23.5 Å². The Bertz CT molecular complexity index is 1410. The van der Waals surface area contributed by atoms with Crippen molar-refractivity contribution in [3.05, 3.63) is 113 Å². The molecule has 5 aromatic rings. The second-order valence-electron chi connectivity index (χ2n) is 7.79. The SMILES string of the molecule is O=C(Cc1cc(-c2ccc(Cl)cc2)nc2ccc3ccccc3c12)NCc1ccccc1. The Balaban J connectivity index is 1.56. The third-order valence-corrected chi connectivity index (χ3v) is 5.86. The minimum atomic E-state index is -0.0173. The largest absolute Gasteiger partial charge is 0.352 e. The van der Waals surface area contributed by atoms with Gasteiger partial charge in [0.15, 0.2) is 0 Å². The first-order chi connectivity index (χ1) is 15.7. The molecular weight excluding hydrogens is 416 g/mol. The van der Waals surface area contributed by atoms with Crippen LogP contribution in [0, 0.1) is 0 Å². The zero-order chi connectivity index (χ0) is 21.9. The third kappa shape index (κ3) is 4.20. The average molecular weight is 437 g/mol. The van der Waals surface area contributed by atoms with Crippen molar-refractivity contribution in [1.29, 1.82) is 0 Å². The van der Waals surface area contributed by atoms with Gasteiger partial charge in [-0.2, -0.15) is 0 Å². The highest BCUT2D eigenvalue weighted by Crippen LogP contribution is 2.31. The highest BCUT2D eigenvalue weighted by molar-refractivity contribution is 6.30. The number of amides is 1. The molecule has 1 heterocycles. The van der Waals surface area contributed by atoms with Crippen LogP contribution in [0.15, 0.2) is 97.1 Å². The van der Waals surface area contributed by atoms with Crippen LogP contribution in [-0.4, -0.2) is 10.9 Å². The lowest BCUT2D eigenvalue weighted by atomic mass is 9.97. The Morgan fingerprint density at radius 2 is 1.59 bits per heavy atom. The normalized spacial score (nSPS) is 11.0. The van der Waals surface area contributed by atoms with Gasteiger partial charge in [0.05, 0.1) is 17.6 Å². The molecule has 0 aliphatic heterocycles. The van der Waals surface area contributed by atoms with Crippen LogP contribution in [0.2, 0.25) is 5.02 Å². The summed E-state index contributed by atoms with van der Waals surface area (Å²) >= 11 is 6.07. The lowest BCUT2D eigenvalue weighted by Gasteiger charge is -2.13. The first-order valence-corrected chi connectivity index (χ1v) is 10.9. The van der Waals surface area contributed by atoms with Crippen molar-refractivity contribution >= 4 is 39.2 Å². The topological polar surface area (TPSA) is 42.0 Å². The van der Waals surface area contributed by atoms with Crippen molar-refractivity contribution in [3.63, 3.8) is 0 Å². The van der Waals surface area contributed by atoms with E-state index >= 15 is 0 Å².